The number of hydrogen-bond acceptors (Lipinski definition) is 6. The van der Waals surface area contributed by atoms with Crippen LogP contribution in [0.1, 0.15) is 31.2 Å². The van der Waals surface area contributed by atoms with E-state index in [2.05, 4.69) is 88.3 Å². The molecule has 46 heavy (non-hydrogen) atoms. The van der Waals surface area contributed by atoms with Gasteiger partial charge in [-0.2, -0.15) is 0 Å². The van der Waals surface area contributed by atoms with E-state index in [9.17, 15) is 4.79 Å². The van der Waals surface area contributed by atoms with E-state index >= 15 is 0 Å². The summed E-state index contributed by atoms with van der Waals surface area (Å²) in [6.07, 6.45) is 4.25. The molecule has 1 saturated carbocycles. The lowest BCUT2D eigenvalue weighted by Gasteiger charge is -2.29. The summed E-state index contributed by atoms with van der Waals surface area (Å²) in [4.78, 5) is 20.3. The van der Waals surface area contributed by atoms with Crippen molar-refractivity contribution in [2.24, 2.45) is 5.92 Å². The Kier molecular flexibility index (Phi) is 8.83. The summed E-state index contributed by atoms with van der Waals surface area (Å²) in [7, 11) is 1.68. The quantitative estimate of drug-likeness (QED) is 0.175. The van der Waals surface area contributed by atoms with E-state index in [4.69, 9.17) is 14.5 Å². The molecule has 1 aromatic heterocycles. The van der Waals surface area contributed by atoms with Crippen LogP contribution in [0, 0.1) is 5.92 Å². The predicted octanol–water partition coefficient (Wildman–Crippen LogP) is 8.15. The molecule has 0 unspecified atom stereocenters. The summed E-state index contributed by atoms with van der Waals surface area (Å²) in [6, 6.07) is 33.6. The molecule has 1 aliphatic carbocycles. The van der Waals surface area contributed by atoms with E-state index < -0.39 is 0 Å². The van der Waals surface area contributed by atoms with E-state index in [0.29, 0.717) is 6.54 Å². The number of nitrogens with zero attached hydrogens (tertiary/aromatic N) is 2. The first-order valence-corrected chi connectivity index (χ1v) is 16.3. The first-order valence-electron chi connectivity index (χ1n) is 16.3. The normalized spacial score (nSPS) is 15.2. The number of nitrogens with one attached hydrogen (secondary N) is 2. The number of carbonyl (C=O) groups excluding carboxylic acids is 1. The molecule has 0 radical (unpaired) electrons. The Balaban J connectivity index is 1.20. The Morgan fingerprint density at radius 3 is 2.37 bits per heavy atom. The fourth-order valence-corrected chi connectivity index (χ4v) is 6.52. The van der Waals surface area contributed by atoms with Crippen molar-refractivity contribution in [1.82, 2.24) is 4.98 Å². The number of fused-ring (bicyclic) bond motifs is 1. The van der Waals surface area contributed by atoms with Crippen LogP contribution in [-0.2, 0) is 16.1 Å². The molecule has 1 amide bonds. The van der Waals surface area contributed by atoms with Crippen LogP contribution in [0.5, 0.6) is 5.75 Å². The minimum Gasteiger partial charge on any atom is -0.497 e. The molecular weight excluding hydrogens is 572 g/mol. The molecule has 0 atom stereocenters. The lowest BCUT2D eigenvalue weighted by atomic mass is 9.99. The van der Waals surface area contributed by atoms with Crippen molar-refractivity contribution in [2.45, 2.75) is 32.2 Å². The van der Waals surface area contributed by atoms with E-state index in [1.54, 1.807) is 7.11 Å². The molecule has 2 aliphatic rings. The van der Waals surface area contributed by atoms with E-state index in [0.717, 1.165) is 108 Å². The summed E-state index contributed by atoms with van der Waals surface area (Å²) in [5, 5.41) is 7.82. The SMILES string of the molecule is COc1ccc(CNc2nc3ccc(-c4cccc(NC(=O)C5CCCC5)c4)cc3cc2-c2ccc(N3CCOCC3)cc2)cc1. The average Bonchev–Trinajstić information content (AvgIpc) is 3.67. The second-order valence-electron chi connectivity index (χ2n) is 12.2. The van der Waals surface area contributed by atoms with Gasteiger partial charge < -0.3 is 25.0 Å². The molecule has 5 aromatic rings. The molecule has 2 heterocycles. The summed E-state index contributed by atoms with van der Waals surface area (Å²) in [6.45, 7) is 3.96. The van der Waals surface area contributed by atoms with Gasteiger partial charge in [0.2, 0.25) is 5.91 Å². The fraction of sp³-hybridized carbons (Fsp3) is 0.282. The number of morpholine rings is 1. The number of aromatic nitrogens is 1. The van der Waals surface area contributed by atoms with Crippen molar-refractivity contribution >= 4 is 34.0 Å². The fourth-order valence-electron chi connectivity index (χ4n) is 6.52. The molecule has 1 saturated heterocycles. The molecular formula is C39H40N4O3. The standard InChI is InChI=1S/C39H40N4O3/c1-45-35-16-9-27(10-17-35)26-40-38-36(28-11-14-34(15-12-28)43-19-21-46-22-20-43)25-32-23-31(13-18-37(32)42-38)30-7-4-8-33(24-30)41-39(44)29-5-2-3-6-29/h4,7-18,23-25,29H,2-3,5-6,19-22,26H2,1H3,(H,40,42)(H,41,44). The van der Waals surface area contributed by atoms with Crippen LogP contribution >= 0.6 is 0 Å². The third-order valence-corrected chi connectivity index (χ3v) is 9.18. The van der Waals surface area contributed by atoms with Crippen LogP contribution in [0.2, 0.25) is 0 Å². The number of pyridine rings is 1. The van der Waals surface area contributed by atoms with Crippen molar-refractivity contribution in [2.75, 3.05) is 48.9 Å². The maximum atomic E-state index is 12.8. The first kappa shape index (κ1) is 29.8. The number of amides is 1. The van der Waals surface area contributed by atoms with Crippen LogP contribution in [0.4, 0.5) is 17.2 Å². The van der Waals surface area contributed by atoms with Crippen LogP contribution in [0.3, 0.4) is 0 Å². The van der Waals surface area contributed by atoms with E-state index in [-0.39, 0.29) is 11.8 Å². The molecule has 0 bridgehead atoms. The summed E-state index contributed by atoms with van der Waals surface area (Å²) >= 11 is 0. The van der Waals surface area contributed by atoms with Crippen molar-refractivity contribution in [3.8, 4) is 28.0 Å². The van der Waals surface area contributed by atoms with Crippen molar-refractivity contribution in [1.29, 1.82) is 0 Å². The van der Waals surface area contributed by atoms with Crippen molar-refractivity contribution in [3.63, 3.8) is 0 Å². The van der Waals surface area contributed by atoms with Gasteiger partial charge in [-0.25, -0.2) is 4.98 Å². The summed E-state index contributed by atoms with van der Waals surface area (Å²) in [5.74, 6) is 1.94. The molecule has 4 aromatic carbocycles. The zero-order valence-electron chi connectivity index (χ0n) is 26.3. The lowest BCUT2D eigenvalue weighted by Crippen LogP contribution is -2.36. The van der Waals surface area contributed by atoms with Gasteiger partial charge in [-0.1, -0.05) is 55.3 Å². The Morgan fingerprint density at radius 2 is 1.61 bits per heavy atom. The monoisotopic (exact) mass is 612 g/mol. The highest BCUT2D eigenvalue weighted by Crippen LogP contribution is 2.34. The first-order chi connectivity index (χ1) is 22.6. The molecule has 1 aliphatic heterocycles. The maximum absolute atomic E-state index is 12.8. The van der Waals surface area contributed by atoms with E-state index in [1.165, 1.54) is 5.69 Å². The maximum Gasteiger partial charge on any atom is 0.227 e. The highest BCUT2D eigenvalue weighted by atomic mass is 16.5. The Labute approximate surface area is 270 Å². The van der Waals surface area contributed by atoms with E-state index in [1.807, 2.05) is 24.3 Å². The molecule has 7 heteroatoms. The van der Waals surface area contributed by atoms with Gasteiger partial charge in [0.25, 0.3) is 0 Å². The van der Waals surface area contributed by atoms with Gasteiger partial charge in [0.15, 0.2) is 0 Å². The third kappa shape index (κ3) is 6.70. The minimum atomic E-state index is 0.129. The average molecular weight is 613 g/mol. The van der Waals surface area contributed by atoms with Crippen LogP contribution in [-0.4, -0.2) is 44.3 Å². The summed E-state index contributed by atoms with van der Waals surface area (Å²) in [5.41, 5.74) is 8.40. The molecule has 2 fully saturated rings. The number of benzene rings is 4. The topological polar surface area (TPSA) is 75.7 Å². The zero-order chi connectivity index (χ0) is 31.3. The minimum absolute atomic E-state index is 0.129. The molecule has 0 spiro atoms. The second kappa shape index (κ2) is 13.6. The van der Waals surface area contributed by atoms with Crippen LogP contribution in [0.15, 0.2) is 97.1 Å². The van der Waals surface area contributed by atoms with Crippen molar-refractivity contribution in [3.05, 3.63) is 103 Å². The van der Waals surface area contributed by atoms with Gasteiger partial charge in [0.1, 0.15) is 11.6 Å². The van der Waals surface area contributed by atoms with Gasteiger partial charge in [-0.05, 0) is 89.7 Å². The Hall–Kier alpha value is -4.88. The number of carbonyl (C=O) groups is 1. The molecule has 2 N–H and O–H groups in total. The highest BCUT2D eigenvalue weighted by molar-refractivity contribution is 5.95. The molecule has 7 nitrogen and oxygen atoms in total. The van der Waals surface area contributed by atoms with Gasteiger partial charge in [0.05, 0.1) is 25.8 Å². The number of anilines is 3. The number of ether oxygens (including phenoxy) is 2. The lowest BCUT2D eigenvalue weighted by molar-refractivity contribution is -0.119. The molecule has 234 valence electrons. The van der Waals surface area contributed by atoms with Crippen LogP contribution in [0.25, 0.3) is 33.2 Å². The second-order valence-corrected chi connectivity index (χ2v) is 12.2. The Morgan fingerprint density at radius 1 is 0.870 bits per heavy atom. The largest absolute Gasteiger partial charge is 0.497 e. The van der Waals surface area contributed by atoms with Gasteiger partial charge in [-0.3, -0.25) is 4.79 Å². The van der Waals surface area contributed by atoms with Crippen LogP contribution < -0.4 is 20.3 Å². The van der Waals surface area contributed by atoms with Crippen molar-refractivity contribution < 1.29 is 14.3 Å². The van der Waals surface area contributed by atoms with Gasteiger partial charge in [-0.15, -0.1) is 0 Å². The van der Waals surface area contributed by atoms with Gasteiger partial charge in [0, 0.05) is 47.9 Å². The predicted molar refractivity (Wildman–Crippen MR) is 187 cm³/mol. The van der Waals surface area contributed by atoms with Gasteiger partial charge >= 0.3 is 0 Å². The molecule has 7 rings (SSSR count). The number of rotatable bonds is 9. The highest BCUT2D eigenvalue weighted by Gasteiger charge is 2.22. The zero-order valence-corrected chi connectivity index (χ0v) is 26.3. The number of methoxy groups -OCH3 is 1. The third-order valence-electron chi connectivity index (χ3n) is 9.18. The Bertz CT molecular complexity index is 1810. The summed E-state index contributed by atoms with van der Waals surface area (Å²) < 4.78 is 10.9. The smallest absolute Gasteiger partial charge is 0.227 e. The number of hydrogen-bond donors (Lipinski definition) is 2.